The van der Waals surface area contributed by atoms with E-state index >= 15 is 0 Å². The van der Waals surface area contributed by atoms with Crippen molar-refractivity contribution < 1.29 is 9.53 Å². The largest absolute Gasteiger partial charge is 0.465 e. The molecule has 1 aliphatic rings. The molecule has 2 rings (SSSR count). The number of carbonyl (C=O) groups is 1. The third-order valence-corrected chi connectivity index (χ3v) is 3.84. The van der Waals surface area contributed by atoms with Crippen LogP contribution in [-0.4, -0.2) is 43.7 Å². The number of rotatable bonds is 6. The Morgan fingerprint density at radius 3 is 3.00 bits per heavy atom. The van der Waals surface area contributed by atoms with Crippen molar-refractivity contribution in [3.05, 3.63) is 35.4 Å². The first-order valence-electron chi connectivity index (χ1n) is 7.36. The summed E-state index contributed by atoms with van der Waals surface area (Å²) in [4.78, 5) is 14.0. The average Bonchev–Trinajstić information content (AvgIpc) is 2.99. The maximum Gasteiger partial charge on any atom is 0.337 e. The Balaban J connectivity index is 1.97. The predicted octanol–water partition coefficient (Wildman–Crippen LogP) is 2.05. The average molecular weight is 276 g/mol. The lowest BCUT2D eigenvalue weighted by molar-refractivity contribution is 0.0600. The van der Waals surface area contributed by atoms with Gasteiger partial charge in [-0.25, -0.2) is 4.79 Å². The van der Waals surface area contributed by atoms with Gasteiger partial charge in [-0.05, 0) is 43.6 Å². The van der Waals surface area contributed by atoms with Crippen LogP contribution in [0.3, 0.4) is 0 Å². The number of likely N-dealkylation sites (N-methyl/N-ethyl adjacent to an activating group) is 1. The monoisotopic (exact) mass is 276 g/mol. The van der Waals surface area contributed by atoms with E-state index in [1.807, 2.05) is 12.1 Å². The molecule has 1 aromatic rings. The van der Waals surface area contributed by atoms with Crippen molar-refractivity contribution in [2.24, 2.45) is 0 Å². The standard InChI is InChI=1S/C16H24N2O2/c1-3-18(12-15-8-5-9-17-15)11-13-6-4-7-14(10-13)16(19)20-2/h4,6-7,10,15,17H,3,5,8-9,11-12H2,1-2H3. The fourth-order valence-electron chi connectivity index (χ4n) is 2.70. The Hall–Kier alpha value is -1.39. The van der Waals surface area contributed by atoms with Crippen molar-refractivity contribution in [1.29, 1.82) is 0 Å². The number of hydrogen-bond donors (Lipinski definition) is 1. The Kier molecular flexibility index (Phi) is 5.56. The highest BCUT2D eigenvalue weighted by molar-refractivity contribution is 5.89. The van der Waals surface area contributed by atoms with Gasteiger partial charge in [0.25, 0.3) is 0 Å². The van der Waals surface area contributed by atoms with Crippen LogP contribution in [0.25, 0.3) is 0 Å². The number of carbonyl (C=O) groups excluding carboxylic acids is 1. The smallest absolute Gasteiger partial charge is 0.337 e. The third kappa shape index (κ3) is 4.05. The van der Waals surface area contributed by atoms with Gasteiger partial charge in [-0.3, -0.25) is 4.90 Å². The van der Waals surface area contributed by atoms with Crippen LogP contribution in [0.15, 0.2) is 24.3 Å². The Bertz CT molecular complexity index is 442. The van der Waals surface area contributed by atoms with Crippen molar-refractivity contribution in [2.45, 2.75) is 32.4 Å². The summed E-state index contributed by atoms with van der Waals surface area (Å²) < 4.78 is 4.77. The van der Waals surface area contributed by atoms with Crippen molar-refractivity contribution >= 4 is 5.97 Å². The summed E-state index contributed by atoms with van der Waals surface area (Å²) >= 11 is 0. The maximum atomic E-state index is 11.6. The van der Waals surface area contributed by atoms with Crippen LogP contribution in [-0.2, 0) is 11.3 Å². The van der Waals surface area contributed by atoms with Crippen LogP contribution < -0.4 is 5.32 Å². The highest BCUT2D eigenvalue weighted by Gasteiger charge is 2.17. The van der Waals surface area contributed by atoms with Gasteiger partial charge in [-0.15, -0.1) is 0 Å². The van der Waals surface area contributed by atoms with Gasteiger partial charge in [0, 0.05) is 19.1 Å². The lowest BCUT2D eigenvalue weighted by Gasteiger charge is -2.24. The first-order valence-corrected chi connectivity index (χ1v) is 7.36. The normalized spacial score (nSPS) is 18.4. The summed E-state index contributed by atoms with van der Waals surface area (Å²) in [5, 5.41) is 3.53. The molecular formula is C16H24N2O2. The molecule has 20 heavy (non-hydrogen) atoms. The minimum atomic E-state index is -0.271. The quantitative estimate of drug-likeness (QED) is 0.807. The van der Waals surface area contributed by atoms with E-state index in [1.165, 1.54) is 20.0 Å². The minimum Gasteiger partial charge on any atom is -0.465 e. The molecule has 0 saturated carbocycles. The van der Waals surface area contributed by atoms with Gasteiger partial charge in [0.1, 0.15) is 0 Å². The lowest BCUT2D eigenvalue weighted by Crippen LogP contribution is -2.37. The molecule has 4 nitrogen and oxygen atoms in total. The predicted molar refractivity (Wildman–Crippen MR) is 79.8 cm³/mol. The number of nitrogens with zero attached hydrogens (tertiary/aromatic N) is 1. The molecule has 4 heteroatoms. The van der Waals surface area contributed by atoms with E-state index < -0.39 is 0 Å². The van der Waals surface area contributed by atoms with Crippen LogP contribution in [0.5, 0.6) is 0 Å². The van der Waals surface area contributed by atoms with Crippen LogP contribution >= 0.6 is 0 Å². The number of esters is 1. The van der Waals surface area contributed by atoms with Crippen molar-refractivity contribution in [2.75, 3.05) is 26.7 Å². The second-order valence-electron chi connectivity index (χ2n) is 5.31. The summed E-state index contributed by atoms with van der Waals surface area (Å²) in [6.07, 6.45) is 2.54. The van der Waals surface area contributed by atoms with Gasteiger partial charge < -0.3 is 10.1 Å². The minimum absolute atomic E-state index is 0.271. The van der Waals surface area contributed by atoms with E-state index in [2.05, 4.69) is 23.2 Å². The Labute approximate surface area is 121 Å². The molecule has 1 saturated heterocycles. The van der Waals surface area contributed by atoms with Crippen LogP contribution in [0.4, 0.5) is 0 Å². The van der Waals surface area contributed by atoms with Gasteiger partial charge in [-0.1, -0.05) is 19.1 Å². The number of nitrogens with one attached hydrogen (secondary N) is 1. The van der Waals surface area contributed by atoms with Crippen LogP contribution in [0.2, 0.25) is 0 Å². The van der Waals surface area contributed by atoms with Gasteiger partial charge in [0.15, 0.2) is 0 Å². The van der Waals surface area contributed by atoms with Crippen molar-refractivity contribution in [3.8, 4) is 0 Å². The summed E-state index contributed by atoms with van der Waals surface area (Å²) in [7, 11) is 1.42. The molecule has 1 fully saturated rings. The highest BCUT2D eigenvalue weighted by atomic mass is 16.5. The molecule has 0 amide bonds. The van der Waals surface area contributed by atoms with Crippen molar-refractivity contribution in [3.63, 3.8) is 0 Å². The van der Waals surface area contributed by atoms with Crippen molar-refractivity contribution in [1.82, 2.24) is 10.2 Å². The van der Waals surface area contributed by atoms with Gasteiger partial charge in [0.2, 0.25) is 0 Å². The van der Waals surface area contributed by atoms with Crippen LogP contribution in [0, 0.1) is 0 Å². The number of hydrogen-bond acceptors (Lipinski definition) is 4. The Morgan fingerprint density at radius 2 is 2.35 bits per heavy atom. The van der Waals surface area contributed by atoms with Gasteiger partial charge in [0.05, 0.1) is 12.7 Å². The van der Waals surface area contributed by atoms with E-state index in [0.29, 0.717) is 11.6 Å². The molecule has 1 unspecified atom stereocenters. The molecular weight excluding hydrogens is 252 g/mol. The second-order valence-corrected chi connectivity index (χ2v) is 5.31. The lowest BCUT2D eigenvalue weighted by atomic mass is 10.1. The fourth-order valence-corrected chi connectivity index (χ4v) is 2.70. The summed E-state index contributed by atoms with van der Waals surface area (Å²) in [6, 6.07) is 8.32. The molecule has 1 aromatic carbocycles. The molecule has 1 aliphatic heterocycles. The van der Waals surface area contributed by atoms with E-state index in [9.17, 15) is 4.79 Å². The number of methoxy groups -OCH3 is 1. The summed E-state index contributed by atoms with van der Waals surface area (Å²) in [6.45, 7) is 6.28. The molecule has 0 aromatic heterocycles. The molecule has 1 atom stereocenters. The Morgan fingerprint density at radius 1 is 1.50 bits per heavy atom. The molecule has 1 N–H and O–H groups in total. The summed E-state index contributed by atoms with van der Waals surface area (Å²) in [5.74, 6) is -0.271. The highest BCUT2D eigenvalue weighted by Crippen LogP contribution is 2.12. The first kappa shape index (κ1) is 15.0. The third-order valence-electron chi connectivity index (χ3n) is 3.84. The number of ether oxygens (including phenoxy) is 1. The van der Waals surface area contributed by atoms with Gasteiger partial charge >= 0.3 is 5.97 Å². The zero-order valence-electron chi connectivity index (χ0n) is 12.4. The second kappa shape index (κ2) is 7.41. The first-order chi connectivity index (χ1) is 9.72. The molecule has 110 valence electrons. The SMILES string of the molecule is CCN(Cc1cccc(C(=O)OC)c1)CC1CCCN1. The maximum absolute atomic E-state index is 11.6. The topological polar surface area (TPSA) is 41.6 Å². The van der Waals surface area contributed by atoms with E-state index in [1.54, 1.807) is 6.07 Å². The van der Waals surface area contributed by atoms with E-state index in [0.717, 1.165) is 31.7 Å². The summed E-state index contributed by atoms with van der Waals surface area (Å²) in [5.41, 5.74) is 1.78. The molecule has 0 aliphatic carbocycles. The van der Waals surface area contributed by atoms with E-state index in [-0.39, 0.29) is 5.97 Å². The zero-order chi connectivity index (χ0) is 14.4. The fraction of sp³-hybridized carbons (Fsp3) is 0.562. The van der Waals surface area contributed by atoms with Gasteiger partial charge in [-0.2, -0.15) is 0 Å². The molecule has 0 spiro atoms. The van der Waals surface area contributed by atoms with E-state index in [4.69, 9.17) is 4.74 Å². The molecule has 0 bridgehead atoms. The van der Waals surface area contributed by atoms with Crippen LogP contribution in [0.1, 0.15) is 35.7 Å². The molecule has 0 radical (unpaired) electrons. The molecule has 1 heterocycles. The number of benzene rings is 1. The zero-order valence-corrected chi connectivity index (χ0v) is 12.4.